The molecule has 0 amide bonds. The van der Waals surface area contributed by atoms with Gasteiger partial charge in [-0.1, -0.05) is 18.2 Å². The third kappa shape index (κ3) is 1.54. The topological polar surface area (TPSA) is 48.9 Å². The highest BCUT2D eigenvalue weighted by Gasteiger charge is 2.13. The van der Waals surface area contributed by atoms with Crippen molar-refractivity contribution >= 4 is 31.6 Å². The van der Waals surface area contributed by atoms with E-state index >= 15 is 0 Å². The maximum atomic E-state index is 9.36. The van der Waals surface area contributed by atoms with Crippen molar-refractivity contribution in [2.24, 2.45) is 0 Å². The highest BCUT2D eigenvalue weighted by molar-refractivity contribution is 7.26. The van der Waals surface area contributed by atoms with Gasteiger partial charge in [-0.25, -0.2) is 0 Å². The van der Waals surface area contributed by atoms with E-state index in [9.17, 15) is 5.11 Å². The van der Waals surface area contributed by atoms with Gasteiger partial charge in [0, 0.05) is 15.6 Å². The van der Waals surface area contributed by atoms with Gasteiger partial charge in [0.25, 0.3) is 0 Å². The number of aromatic hydroxyl groups is 1. The van der Waals surface area contributed by atoms with Gasteiger partial charge in [-0.15, -0.1) is 11.3 Å². The van der Waals surface area contributed by atoms with E-state index < -0.39 is 0 Å². The Morgan fingerprint density at radius 3 is 2.63 bits per heavy atom. The quantitative estimate of drug-likeness (QED) is 0.543. The zero-order chi connectivity index (χ0) is 12.8. The smallest absolute Gasteiger partial charge is 0.115 e. The number of benzene rings is 2. The number of phenols is 1. The highest BCUT2D eigenvalue weighted by Crippen LogP contribution is 2.38. The molecule has 0 unspecified atom stereocenters. The maximum Gasteiger partial charge on any atom is 0.115 e. The molecule has 2 aromatic heterocycles. The molecule has 0 radical (unpaired) electrons. The molecule has 0 atom stereocenters. The lowest BCUT2D eigenvalue weighted by molar-refractivity contribution is 0.475. The minimum absolute atomic E-state index is 0.270. The molecule has 0 aliphatic rings. The first kappa shape index (κ1) is 10.6. The van der Waals surface area contributed by atoms with E-state index in [0.717, 1.165) is 21.5 Å². The molecule has 0 fully saturated rings. The molecule has 19 heavy (non-hydrogen) atoms. The Hall–Kier alpha value is -2.33. The molecule has 4 aromatic rings. The fourth-order valence-electron chi connectivity index (χ4n) is 2.30. The Labute approximate surface area is 113 Å². The third-order valence-corrected chi connectivity index (χ3v) is 4.41. The Balaban J connectivity index is 2.02. The number of phenolic OH excluding ortho intramolecular Hbond substituents is 1. The molecule has 2 N–H and O–H groups in total. The first-order valence-corrected chi connectivity index (χ1v) is 6.79. The van der Waals surface area contributed by atoms with Crippen molar-refractivity contribution in [2.75, 3.05) is 0 Å². The summed E-state index contributed by atoms with van der Waals surface area (Å²) in [6, 6.07) is 15.4. The van der Waals surface area contributed by atoms with Crippen LogP contribution >= 0.6 is 11.3 Å². The summed E-state index contributed by atoms with van der Waals surface area (Å²) in [5, 5.41) is 18.1. The molecule has 4 rings (SSSR count). The molecule has 0 bridgehead atoms. The maximum absolute atomic E-state index is 9.36. The van der Waals surface area contributed by atoms with Gasteiger partial charge < -0.3 is 5.11 Å². The first-order valence-electron chi connectivity index (χ1n) is 5.98. The minimum Gasteiger partial charge on any atom is -0.508 e. The molecule has 0 spiro atoms. The molecule has 4 heteroatoms. The number of aromatic amines is 1. The number of fused-ring (bicyclic) bond motifs is 3. The fourth-order valence-corrected chi connectivity index (χ4v) is 3.47. The van der Waals surface area contributed by atoms with Gasteiger partial charge in [0.05, 0.1) is 10.2 Å². The van der Waals surface area contributed by atoms with E-state index in [-0.39, 0.29) is 5.75 Å². The predicted molar refractivity (Wildman–Crippen MR) is 78.6 cm³/mol. The molecule has 0 saturated carbocycles. The summed E-state index contributed by atoms with van der Waals surface area (Å²) in [6.07, 6.45) is 0. The third-order valence-electron chi connectivity index (χ3n) is 3.23. The number of hydrogen-bond acceptors (Lipinski definition) is 3. The molecular formula is C15H10N2OS. The highest BCUT2D eigenvalue weighted by atomic mass is 32.1. The Bertz CT molecular complexity index is 874. The van der Waals surface area contributed by atoms with E-state index in [4.69, 9.17) is 0 Å². The van der Waals surface area contributed by atoms with Crippen LogP contribution in [0, 0.1) is 0 Å². The second-order valence-corrected chi connectivity index (χ2v) is 5.47. The number of nitrogens with zero attached hydrogens (tertiary/aromatic N) is 1. The van der Waals surface area contributed by atoms with Crippen LogP contribution in [0.25, 0.3) is 31.6 Å². The Morgan fingerprint density at radius 2 is 1.79 bits per heavy atom. The van der Waals surface area contributed by atoms with E-state index in [1.54, 1.807) is 23.5 Å². The minimum atomic E-state index is 0.270. The molecule has 0 aliphatic heterocycles. The van der Waals surface area contributed by atoms with Crippen LogP contribution in [0.1, 0.15) is 0 Å². The van der Waals surface area contributed by atoms with Gasteiger partial charge in [0.1, 0.15) is 11.4 Å². The van der Waals surface area contributed by atoms with Crippen LogP contribution in [0.15, 0.2) is 48.5 Å². The lowest BCUT2D eigenvalue weighted by Gasteiger charge is -1.96. The van der Waals surface area contributed by atoms with Crippen LogP contribution in [-0.2, 0) is 0 Å². The van der Waals surface area contributed by atoms with Gasteiger partial charge in [-0.2, -0.15) is 5.10 Å². The van der Waals surface area contributed by atoms with Crippen LogP contribution < -0.4 is 0 Å². The van der Waals surface area contributed by atoms with Crippen molar-refractivity contribution in [3.05, 3.63) is 48.5 Å². The second-order valence-electron chi connectivity index (χ2n) is 4.42. The van der Waals surface area contributed by atoms with Crippen molar-refractivity contribution in [2.45, 2.75) is 0 Å². The standard InChI is InChI=1S/C15H10N2OS/c18-10-7-5-9(6-8-10)13-15-14(17-16-13)11-3-1-2-4-12(11)19-15/h1-8,18H,(H,16,17). The number of thiophene rings is 1. The van der Waals surface area contributed by atoms with Crippen LogP contribution in [-0.4, -0.2) is 15.3 Å². The van der Waals surface area contributed by atoms with Gasteiger partial charge in [0.2, 0.25) is 0 Å². The zero-order valence-corrected chi connectivity index (χ0v) is 10.7. The summed E-state index contributed by atoms with van der Waals surface area (Å²) >= 11 is 1.74. The fraction of sp³-hybridized carbons (Fsp3) is 0. The van der Waals surface area contributed by atoms with Gasteiger partial charge in [-0.3, -0.25) is 5.10 Å². The number of H-pyrrole nitrogens is 1. The number of hydrogen-bond donors (Lipinski definition) is 2. The monoisotopic (exact) mass is 266 g/mol. The molecule has 2 aromatic carbocycles. The van der Waals surface area contributed by atoms with E-state index in [2.05, 4.69) is 22.3 Å². The summed E-state index contributed by atoms with van der Waals surface area (Å²) in [4.78, 5) is 0. The van der Waals surface area contributed by atoms with E-state index in [0.29, 0.717) is 0 Å². The molecular weight excluding hydrogens is 256 g/mol. The van der Waals surface area contributed by atoms with Gasteiger partial charge in [-0.05, 0) is 30.3 Å². The summed E-state index contributed by atoms with van der Waals surface area (Å²) in [5.74, 6) is 0.270. The SMILES string of the molecule is Oc1ccc(-c2n[nH]c3c2sc2ccccc23)cc1. The predicted octanol–water partition coefficient (Wildman–Crippen LogP) is 4.15. The summed E-state index contributed by atoms with van der Waals surface area (Å²) < 4.78 is 2.41. The second kappa shape index (κ2) is 3.83. The largest absolute Gasteiger partial charge is 0.508 e. The van der Waals surface area contributed by atoms with Crippen LogP contribution in [0.5, 0.6) is 5.75 Å². The van der Waals surface area contributed by atoms with Crippen molar-refractivity contribution in [3.8, 4) is 17.0 Å². The van der Waals surface area contributed by atoms with Gasteiger partial charge >= 0.3 is 0 Å². The number of nitrogens with one attached hydrogen (secondary N) is 1. The molecule has 2 heterocycles. The number of rotatable bonds is 1. The Kier molecular flexibility index (Phi) is 2.13. The van der Waals surface area contributed by atoms with Crippen molar-refractivity contribution in [1.82, 2.24) is 10.2 Å². The van der Waals surface area contributed by atoms with E-state index in [1.165, 1.54) is 10.1 Å². The van der Waals surface area contributed by atoms with Crippen molar-refractivity contribution in [1.29, 1.82) is 0 Å². The van der Waals surface area contributed by atoms with Crippen LogP contribution in [0.2, 0.25) is 0 Å². The average Bonchev–Trinajstić information content (AvgIpc) is 2.98. The lowest BCUT2D eigenvalue weighted by Crippen LogP contribution is -1.77. The molecule has 0 aliphatic carbocycles. The summed E-state index contributed by atoms with van der Waals surface area (Å²) in [5.41, 5.74) is 3.04. The average molecular weight is 266 g/mol. The van der Waals surface area contributed by atoms with Crippen molar-refractivity contribution in [3.63, 3.8) is 0 Å². The lowest BCUT2D eigenvalue weighted by atomic mass is 10.1. The van der Waals surface area contributed by atoms with Crippen LogP contribution in [0.4, 0.5) is 0 Å². The molecule has 0 saturated heterocycles. The molecule has 92 valence electrons. The Morgan fingerprint density at radius 1 is 1.00 bits per heavy atom. The number of aromatic nitrogens is 2. The zero-order valence-electron chi connectivity index (χ0n) is 9.92. The molecule has 3 nitrogen and oxygen atoms in total. The normalized spacial score (nSPS) is 11.4. The van der Waals surface area contributed by atoms with Gasteiger partial charge in [0.15, 0.2) is 0 Å². The first-order chi connectivity index (χ1) is 9.33. The summed E-state index contributed by atoms with van der Waals surface area (Å²) in [6.45, 7) is 0. The van der Waals surface area contributed by atoms with E-state index in [1.807, 2.05) is 24.3 Å². The summed E-state index contributed by atoms with van der Waals surface area (Å²) in [7, 11) is 0. The van der Waals surface area contributed by atoms with Crippen molar-refractivity contribution < 1.29 is 5.11 Å². The van der Waals surface area contributed by atoms with Crippen LogP contribution in [0.3, 0.4) is 0 Å².